The molecule has 13 heteroatoms. The third kappa shape index (κ3) is 6.39. The highest BCUT2D eigenvalue weighted by Gasteiger charge is 2.31. The highest BCUT2D eigenvalue weighted by atomic mass is 35.5. The molecule has 0 fully saturated rings. The normalized spacial score (nSPS) is 15.4. The smallest absolute Gasteiger partial charge is 0.345 e. The second kappa shape index (κ2) is 11.0. The molecule has 0 spiro atoms. The molecule has 1 aliphatic heterocycles. The van der Waals surface area contributed by atoms with Crippen molar-refractivity contribution < 1.29 is 18.0 Å². The zero-order chi connectivity index (χ0) is 27.6. The number of aromatic nitrogens is 4. The van der Waals surface area contributed by atoms with Crippen LogP contribution in [0.25, 0.3) is 5.70 Å². The Balaban J connectivity index is 1.36. The highest BCUT2D eigenvalue weighted by molar-refractivity contribution is 6.34. The molecule has 0 radical (unpaired) electrons. The Kier molecular flexibility index (Phi) is 7.56. The van der Waals surface area contributed by atoms with E-state index < -0.39 is 11.7 Å². The number of tetrazole rings is 1. The van der Waals surface area contributed by atoms with E-state index in [-0.39, 0.29) is 18.5 Å². The number of halogens is 5. The molecule has 3 N–H and O–H groups in total. The van der Waals surface area contributed by atoms with Gasteiger partial charge in [0.1, 0.15) is 0 Å². The Morgan fingerprint density at radius 2 is 1.69 bits per heavy atom. The quantitative estimate of drug-likeness (QED) is 0.268. The van der Waals surface area contributed by atoms with Gasteiger partial charge in [-0.2, -0.15) is 18.4 Å². The van der Waals surface area contributed by atoms with Crippen LogP contribution in [0, 0.1) is 0 Å². The lowest BCUT2D eigenvalue weighted by molar-refractivity contribution is -0.137. The number of hydrazine groups is 1. The minimum absolute atomic E-state index is 0.130. The molecule has 1 amide bonds. The second-order valence-corrected chi connectivity index (χ2v) is 9.60. The van der Waals surface area contributed by atoms with Gasteiger partial charge in [-0.25, -0.2) is 5.43 Å². The van der Waals surface area contributed by atoms with Crippen LogP contribution in [0.1, 0.15) is 44.5 Å². The SMILES string of the molecule is O=C(NCc1nn[nH]n1)c1ccc(CN2NC(c3cc(Cl)cc(Cl)c3)C=C2c2ccc(C(F)(F)F)cc2)cc1. The fourth-order valence-electron chi connectivity index (χ4n) is 4.12. The number of carbonyl (C=O) groups is 1. The summed E-state index contributed by atoms with van der Waals surface area (Å²) in [6.45, 7) is 0.493. The molecule has 3 aromatic carbocycles. The number of benzene rings is 3. The van der Waals surface area contributed by atoms with Gasteiger partial charge in [-0.1, -0.05) is 52.7 Å². The topological polar surface area (TPSA) is 98.8 Å². The lowest BCUT2D eigenvalue weighted by atomic mass is 10.0. The van der Waals surface area contributed by atoms with E-state index in [1.807, 2.05) is 11.1 Å². The van der Waals surface area contributed by atoms with E-state index in [1.165, 1.54) is 12.1 Å². The van der Waals surface area contributed by atoms with E-state index >= 15 is 0 Å². The van der Waals surface area contributed by atoms with E-state index in [1.54, 1.807) is 42.5 Å². The van der Waals surface area contributed by atoms with Gasteiger partial charge in [0.15, 0.2) is 5.82 Å². The van der Waals surface area contributed by atoms with Crippen molar-refractivity contribution in [2.24, 2.45) is 0 Å². The lowest BCUT2D eigenvalue weighted by Gasteiger charge is -2.25. The maximum absolute atomic E-state index is 13.1. The summed E-state index contributed by atoms with van der Waals surface area (Å²) in [5.74, 6) is 0.0621. The number of H-pyrrole nitrogens is 1. The van der Waals surface area contributed by atoms with Crippen molar-refractivity contribution in [1.82, 2.24) is 36.4 Å². The summed E-state index contributed by atoms with van der Waals surface area (Å²) in [6, 6.07) is 16.8. The summed E-state index contributed by atoms with van der Waals surface area (Å²) >= 11 is 12.4. The summed E-state index contributed by atoms with van der Waals surface area (Å²) in [7, 11) is 0. The predicted molar refractivity (Wildman–Crippen MR) is 139 cm³/mol. The maximum atomic E-state index is 13.1. The van der Waals surface area contributed by atoms with Crippen molar-refractivity contribution in [3.05, 3.63) is 116 Å². The first-order valence-electron chi connectivity index (χ1n) is 11.6. The highest BCUT2D eigenvalue weighted by Crippen LogP contribution is 2.35. The molecule has 0 saturated heterocycles. The molecule has 4 aromatic rings. The summed E-state index contributed by atoms with van der Waals surface area (Å²) < 4.78 is 39.4. The fourth-order valence-corrected chi connectivity index (χ4v) is 4.67. The van der Waals surface area contributed by atoms with Crippen molar-refractivity contribution in [2.45, 2.75) is 25.3 Å². The van der Waals surface area contributed by atoms with E-state index in [0.29, 0.717) is 39.2 Å². The molecule has 8 nitrogen and oxygen atoms in total. The molecule has 1 aromatic heterocycles. The minimum atomic E-state index is -4.43. The van der Waals surface area contributed by atoms with E-state index in [0.717, 1.165) is 23.3 Å². The molecule has 2 heterocycles. The van der Waals surface area contributed by atoms with Crippen LogP contribution in [0.2, 0.25) is 10.0 Å². The number of nitrogens with zero attached hydrogens (tertiary/aromatic N) is 4. The molecule has 200 valence electrons. The number of aromatic amines is 1. The molecular weight excluding hydrogens is 554 g/mol. The van der Waals surface area contributed by atoms with Crippen LogP contribution >= 0.6 is 23.2 Å². The van der Waals surface area contributed by atoms with Gasteiger partial charge in [0.05, 0.1) is 30.4 Å². The molecule has 0 bridgehead atoms. The van der Waals surface area contributed by atoms with Crippen LogP contribution in [-0.2, 0) is 19.3 Å². The zero-order valence-electron chi connectivity index (χ0n) is 20.0. The summed E-state index contributed by atoms with van der Waals surface area (Å²) in [4.78, 5) is 12.5. The van der Waals surface area contributed by atoms with E-state index in [2.05, 4.69) is 31.4 Å². The van der Waals surface area contributed by atoms with E-state index in [9.17, 15) is 18.0 Å². The third-order valence-electron chi connectivity index (χ3n) is 6.02. The van der Waals surface area contributed by atoms with Gasteiger partial charge < -0.3 is 10.3 Å². The predicted octanol–water partition coefficient (Wildman–Crippen LogP) is 5.56. The van der Waals surface area contributed by atoms with Crippen LogP contribution in [-0.4, -0.2) is 31.5 Å². The van der Waals surface area contributed by atoms with Gasteiger partial charge in [0.25, 0.3) is 5.91 Å². The number of rotatable bonds is 7. The molecule has 1 aliphatic rings. The van der Waals surface area contributed by atoms with Crippen LogP contribution in [0.5, 0.6) is 0 Å². The zero-order valence-corrected chi connectivity index (χ0v) is 21.5. The van der Waals surface area contributed by atoms with Crippen molar-refractivity contribution >= 4 is 34.8 Å². The van der Waals surface area contributed by atoms with Gasteiger partial charge in [0, 0.05) is 15.6 Å². The summed E-state index contributed by atoms with van der Waals surface area (Å²) in [6.07, 6.45) is -2.52. The maximum Gasteiger partial charge on any atom is 0.416 e. The first-order valence-corrected chi connectivity index (χ1v) is 12.4. The molecule has 0 saturated carbocycles. The van der Waals surface area contributed by atoms with Gasteiger partial charge >= 0.3 is 6.18 Å². The Morgan fingerprint density at radius 1 is 1.00 bits per heavy atom. The van der Waals surface area contributed by atoms with Crippen LogP contribution in [0.15, 0.2) is 72.8 Å². The standard InChI is InChI=1S/C26H20Cl2F3N7O/c27-20-9-18(10-21(28)11-20)22-12-23(16-5-7-19(8-6-16)26(29,30)31)38(35-22)14-15-1-3-17(4-2-15)25(39)32-13-24-33-36-37-34-24/h1-12,22,35H,13-14H2,(H,32,39)(H,33,34,36,37). The molecule has 0 aliphatic carbocycles. The fraction of sp³-hybridized carbons (Fsp3) is 0.154. The van der Waals surface area contributed by atoms with Crippen molar-refractivity contribution in [3.63, 3.8) is 0 Å². The minimum Gasteiger partial charge on any atom is -0.345 e. The monoisotopic (exact) mass is 573 g/mol. The molecule has 5 rings (SSSR count). The van der Waals surface area contributed by atoms with Gasteiger partial charge in [-0.05, 0) is 65.2 Å². The van der Waals surface area contributed by atoms with E-state index in [4.69, 9.17) is 23.2 Å². The van der Waals surface area contributed by atoms with Gasteiger partial charge in [-0.3, -0.25) is 4.79 Å². The number of alkyl halides is 3. The number of carbonyl (C=O) groups excluding carboxylic acids is 1. The van der Waals surface area contributed by atoms with Crippen molar-refractivity contribution in [3.8, 4) is 0 Å². The molecule has 1 unspecified atom stereocenters. The Labute approximate surface area is 230 Å². The Bertz CT molecular complexity index is 1470. The average Bonchev–Trinajstić information content (AvgIpc) is 3.57. The summed E-state index contributed by atoms with van der Waals surface area (Å²) in [5, 5.41) is 18.8. The lowest BCUT2D eigenvalue weighted by Crippen LogP contribution is -2.32. The first-order chi connectivity index (χ1) is 18.7. The molecule has 1 atom stereocenters. The number of nitrogens with one attached hydrogen (secondary N) is 3. The summed E-state index contributed by atoms with van der Waals surface area (Å²) in [5.41, 5.74) is 6.04. The van der Waals surface area contributed by atoms with Gasteiger partial charge in [0.2, 0.25) is 0 Å². The first kappa shape index (κ1) is 26.7. The number of hydrogen-bond acceptors (Lipinski definition) is 6. The third-order valence-corrected chi connectivity index (χ3v) is 6.45. The largest absolute Gasteiger partial charge is 0.416 e. The molecular formula is C26H20Cl2F3N7O. The Morgan fingerprint density at radius 3 is 2.31 bits per heavy atom. The number of amides is 1. The average molecular weight is 574 g/mol. The van der Waals surface area contributed by atoms with Crippen LogP contribution in [0.4, 0.5) is 13.2 Å². The van der Waals surface area contributed by atoms with Crippen molar-refractivity contribution in [2.75, 3.05) is 0 Å². The Hall–Kier alpha value is -3.93. The second-order valence-electron chi connectivity index (χ2n) is 8.73. The molecule has 39 heavy (non-hydrogen) atoms. The van der Waals surface area contributed by atoms with Gasteiger partial charge in [-0.15, -0.1) is 10.2 Å². The number of hydrogen-bond donors (Lipinski definition) is 3. The van der Waals surface area contributed by atoms with Crippen LogP contribution in [0.3, 0.4) is 0 Å². The van der Waals surface area contributed by atoms with Crippen molar-refractivity contribution in [1.29, 1.82) is 0 Å². The van der Waals surface area contributed by atoms with Crippen LogP contribution < -0.4 is 10.7 Å².